The number of imidazole rings is 1. The smallest absolute Gasteiger partial charge is 0.232 e. The molecule has 0 saturated carbocycles. The monoisotopic (exact) mass is 385 g/mol. The third-order valence-electron chi connectivity index (χ3n) is 4.36. The van der Waals surface area contributed by atoms with E-state index in [0.29, 0.717) is 23.7 Å². The van der Waals surface area contributed by atoms with Gasteiger partial charge in [0, 0.05) is 23.0 Å². The lowest BCUT2D eigenvalue weighted by Crippen LogP contribution is -2.37. The van der Waals surface area contributed by atoms with Crippen molar-refractivity contribution >= 4 is 21.7 Å². The first-order valence-electron chi connectivity index (χ1n) is 8.36. The van der Waals surface area contributed by atoms with Crippen molar-refractivity contribution < 1.29 is 13.2 Å². The second-order valence-electron chi connectivity index (χ2n) is 6.40. The summed E-state index contributed by atoms with van der Waals surface area (Å²) in [5, 5.41) is 0. The molecule has 27 heavy (non-hydrogen) atoms. The number of fused-ring (bicyclic) bond motifs is 1. The lowest BCUT2D eigenvalue weighted by Gasteiger charge is -2.29. The maximum absolute atomic E-state index is 12.1. The molecule has 8 nitrogen and oxygen atoms in total. The number of sulfonamides is 1. The van der Waals surface area contributed by atoms with Gasteiger partial charge >= 0.3 is 0 Å². The minimum Gasteiger partial charge on any atom is -0.489 e. The lowest BCUT2D eigenvalue weighted by molar-refractivity contribution is 0.316. The summed E-state index contributed by atoms with van der Waals surface area (Å²) in [4.78, 5) is 11.7. The third-order valence-corrected chi connectivity index (χ3v) is 5.54. The zero-order chi connectivity index (χ0) is 19.2. The number of ether oxygens (including phenoxy) is 1. The van der Waals surface area contributed by atoms with E-state index in [1.165, 1.54) is 10.6 Å². The quantitative estimate of drug-likeness (QED) is 0.714. The number of aromatic amines is 1. The van der Waals surface area contributed by atoms with Gasteiger partial charge in [0.15, 0.2) is 5.95 Å². The van der Waals surface area contributed by atoms with Crippen LogP contribution in [-0.4, -0.2) is 42.8 Å². The number of hydrogen-bond acceptors (Lipinski definition) is 6. The Kier molecular flexibility index (Phi) is 4.03. The molecule has 0 saturated heterocycles. The van der Waals surface area contributed by atoms with Crippen LogP contribution >= 0.6 is 0 Å². The topological polar surface area (TPSA) is 114 Å². The Bertz CT molecular complexity index is 1120. The Morgan fingerprint density at radius 1 is 1.22 bits per heavy atom. The average Bonchev–Trinajstić information content (AvgIpc) is 3.02. The van der Waals surface area contributed by atoms with Crippen LogP contribution in [0.3, 0.4) is 0 Å². The van der Waals surface area contributed by atoms with Gasteiger partial charge in [0.05, 0.1) is 29.9 Å². The van der Waals surface area contributed by atoms with Crippen LogP contribution in [0.4, 0.5) is 11.6 Å². The molecular weight excluding hydrogens is 366 g/mol. The van der Waals surface area contributed by atoms with E-state index >= 15 is 0 Å². The van der Waals surface area contributed by atoms with Crippen LogP contribution in [0.2, 0.25) is 0 Å². The van der Waals surface area contributed by atoms with Crippen molar-refractivity contribution in [1.29, 1.82) is 0 Å². The molecule has 1 aliphatic heterocycles. The number of anilines is 2. The van der Waals surface area contributed by atoms with Crippen LogP contribution in [-0.2, 0) is 10.0 Å². The molecule has 3 heterocycles. The molecule has 0 spiro atoms. The fourth-order valence-electron chi connectivity index (χ4n) is 3.20. The highest BCUT2D eigenvalue weighted by atomic mass is 32.2. The van der Waals surface area contributed by atoms with Gasteiger partial charge in [0.1, 0.15) is 12.4 Å². The Balaban J connectivity index is 1.87. The van der Waals surface area contributed by atoms with Crippen LogP contribution in [0.25, 0.3) is 22.5 Å². The molecular formula is C18H19N5O3S. The second-order valence-corrected chi connectivity index (χ2v) is 8.30. The predicted octanol–water partition coefficient (Wildman–Crippen LogP) is 2.19. The number of nitrogens with zero attached hydrogens (tertiary/aromatic N) is 3. The average molecular weight is 385 g/mol. The fourth-order valence-corrected chi connectivity index (χ4v) is 4.10. The van der Waals surface area contributed by atoms with E-state index in [2.05, 4.69) is 15.0 Å². The Hall–Kier alpha value is -3.07. The summed E-state index contributed by atoms with van der Waals surface area (Å²) < 4.78 is 31.3. The SMILES string of the molecule is Cc1cc(-c2[nH]c(N)nc2-c2ccc3c(c2)N(S(C)(=O)=O)CCO3)ccn1. The molecule has 0 fully saturated rings. The van der Waals surface area contributed by atoms with Crippen LogP contribution in [0, 0.1) is 6.92 Å². The maximum atomic E-state index is 12.1. The summed E-state index contributed by atoms with van der Waals surface area (Å²) in [5.74, 6) is 0.809. The largest absolute Gasteiger partial charge is 0.489 e. The molecule has 3 N–H and O–H groups in total. The number of benzene rings is 1. The molecule has 140 valence electrons. The molecule has 3 aromatic rings. The third kappa shape index (κ3) is 3.21. The van der Waals surface area contributed by atoms with Gasteiger partial charge in [-0.05, 0) is 37.3 Å². The number of hydrogen-bond donors (Lipinski definition) is 2. The summed E-state index contributed by atoms with van der Waals surface area (Å²) in [5.41, 5.74) is 10.3. The molecule has 4 rings (SSSR count). The van der Waals surface area contributed by atoms with Crippen molar-refractivity contribution in [2.45, 2.75) is 6.92 Å². The molecule has 1 aromatic carbocycles. The molecule has 1 aliphatic rings. The first kappa shape index (κ1) is 17.3. The number of rotatable bonds is 3. The second kappa shape index (κ2) is 6.27. The minimum atomic E-state index is -3.41. The first-order chi connectivity index (χ1) is 12.8. The van der Waals surface area contributed by atoms with Crippen LogP contribution < -0.4 is 14.8 Å². The molecule has 0 radical (unpaired) electrons. The molecule has 2 aromatic heterocycles. The van der Waals surface area contributed by atoms with E-state index in [9.17, 15) is 8.42 Å². The van der Waals surface area contributed by atoms with Gasteiger partial charge < -0.3 is 15.5 Å². The molecule has 0 atom stereocenters. The van der Waals surface area contributed by atoms with Crippen molar-refractivity contribution in [2.75, 3.05) is 29.4 Å². The Morgan fingerprint density at radius 3 is 2.78 bits per heavy atom. The minimum absolute atomic E-state index is 0.272. The number of nitrogens with two attached hydrogens (primary N) is 1. The van der Waals surface area contributed by atoms with E-state index < -0.39 is 10.0 Å². The first-order valence-corrected chi connectivity index (χ1v) is 10.2. The molecule has 0 bridgehead atoms. The van der Waals surface area contributed by atoms with Gasteiger partial charge in [-0.15, -0.1) is 0 Å². The molecule has 0 aliphatic carbocycles. The van der Waals surface area contributed by atoms with Crippen LogP contribution in [0.1, 0.15) is 5.69 Å². The van der Waals surface area contributed by atoms with E-state index in [1.54, 1.807) is 18.3 Å². The number of H-pyrrole nitrogens is 1. The zero-order valence-corrected chi connectivity index (χ0v) is 15.7. The van der Waals surface area contributed by atoms with E-state index in [-0.39, 0.29) is 12.5 Å². The van der Waals surface area contributed by atoms with Crippen molar-refractivity contribution in [3.63, 3.8) is 0 Å². The Morgan fingerprint density at radius 2 is 2.04 bits per heavy atom. The summed E-state index contributed by atoms with van der Waals surface area (Å²) in [6, 6.07) is 9.17. The standard InChI is InChI=1S/C18H19N5O3S/c1-11-9-13(5-6-20-11)17-16(21-18(19)22-17)12-3-4-15-14(10-12)23(7-8-26-15)27(2,24)25/h3-6,9-10H,7-8H2,1-2H3,(H3,19,21,22). The van der Waals surface area contributed by atoms with Crippen molar-refractivity contribution in [1.82, 2.24) is 15.0 Å². The van der Waals surface area contributed by atoms with Gasteiger partial charge in [0.25, 0.3) is 0 Å². The highest BCUT2D eigenvalue weighted by Crippen LogP contribution is 2.39. The van der Waals surface area contributed by atoms with E-state index in [0.717, 1.165) is 22.5 Å². The summed E-state index contributed by atoms with van der Waals surface area (Å²) in [6.45, 7) is 2.49. The van der Waals surface area contributed by atoms with Gasteiger partial charge in [0.2, 0.25) is 10.0 Å². The summed E-state index contributed by atoms with van der Waals surface area (Å²) in [7, 11) is -3.41. The summed E-state index contributed by atoms with van der Waals surface area (Å²) >= 11 is 0. The van der Waals surface area contributed by atoms with E-state index in [4.69, 9.17) is 10.5 Å². The van der Waals surface area contributed by atoms with Gasteiger partial charge in [-0.25, -0.2) is 13.4 Å². The fraction of sp³-hybridized carbons (Fsp3) is 0.222. The predicted molar refractivity (Wildman–Crippen MR) is 104 cm³/mol. The zero-order valence-electron chi connectivity index (χ0n) is 14.9. The van der Waals surface area contributed by atoms with Gasteiger partial charge in [-0.1, -0.05) is 0 Å². The molecule has 9 heteroatoms. The molecule has 0 amide bonds. The van der Waals surface area contributed by atoms with Crippen LogP contribution in [0.15, 0.2) is 36.5 Å². The van der Waals surface area contributed by atoms with Gasteiger partial charge in [-0.3, -0.25) is 9.29 Å². The number of aryl methyl sites for hydroxylation is 1. The number of nitrogens with one attached hydrogen (secondary N) is 1. The molecule has 0 unspecified atom stereocenters. The van der Waals surface area contributed by atoms with Crippen molar-refractivity contribution in [3.8, 4) is 28.3 Å². The number of nitrogen functional groups attached to an aromatic ring is 1. The maximum Gasteiger partial charge on any atom is 0.232 e. The van der Waals surface area contributed by atoms with Gasteiger partial charge in [-0.2, -0.15) is 0 Å². The Labute approximate surface area is 157 Å². The van der Waals surface area contributed by atoms with Crippen molar-refractivity contribution in [3.05, 3.63) is 42.2 Å². The van der Waals surface area contributed by atoms with Crippen molar-refractivity contribution in [2.24, 2.45) is 0 Å². The number of aromatic nitrogens is 3. The highest BCUT2D eigenvalue weighted by Gasteiger charge is 2.26. The number of pyridine rings is 1. The normalized spacial score (nSPS) is 13.9. The van der Waals surface area contributed by atoms with Crippen LogP contribution in [0.5, 0.6) is 5.75 Å². The lowest BCUT2D eigenvalue weighted by atomic mass is 10.0. The highest BCUT2D eigenvalue weighted by molar-refractivity contribution is 7.92. The summed E-state index contributed by atoms with van der Waals surface area (Å²) in [6.07, 6.45) is 2.91. The van der Waals surface area contributed by atoms with E-state index in [1.807, 2.05) is 25.1 Å².